The zero-order valence-electron chi connectivity index (χ0n) is 11.9. The average molecular weight is 357 g/mol. The van der Waals surface area contributed by atoms with Crippen molar-refractivity contribution in [3.8, 4) is 11.3 Å². The number of aromatic nitrogens is 5. The SMILES string of the molecule is c1ccc(-c2csc(Sc3nnnn3Cc3cccs3)n2)cc1. The predicted molar refractivity (Wildman–Crippen MR) is 92.9 cm³/mol. The predicted octanol–water partition coefficient (Wildman–Crippen LogP) is 4.06. The van der Waals surface area contributed by atoms with Crippen molar-refractivity contribution in [2.45, 2.75) is 16.0 Å². The number of tetrazole rings is 1. The quantitative estimate of drug-likeness (QED) is 0.539. The largest absolute Gasteiger partial charge is 0.229 e. The summed E-state index contributed by atoms with van der Waals surface area (Å²) >= 11 is 4.80. The maximum Gasteiger partial charge on any atom is 0.216 e. The summed E-state index contributed by atoms with van der Waals surface area (Å²) in [6, 6.07) is 14.3. The Morgan fingerprint density at radius 2 is 1.96 bits per heavy atom. The van der Waals surface area contributed by atoms with E-state index in [0.717, 1.165) is 20.8 Å². The van der Waals surface area contributed by atoms with Crippen molar-refractivity contribution < 1.29 is 0 Å². The first-order chi connectivity index (χ1) is 11.4. The van der Waals surface area contributed by atoms with Gasteiger partial charge in [-0.25, -0.2) is 9.67 Å². The van der Waals surface area contributed by atoms with E-state index in [9.17, 15) is 0 Å². The van der Waals surface area contributed by atoms with Crippen LogP contribution >= 0.6 is 34.4 Å². The number of thiazole rings is 1. The summed E-state index contributed by atoms with van der Waals surface area (Å²) < 4.78 is 2.74. The molecule has 1 aromatic carbocycles. The van der Waals surface area contributed by atoms with E-state index in [1.54, 1.807) is 27.4 Å². The number of rotatable bonds is 5. The van der Waals surface area contributed by atoms with E-state index in [0.29, 0.717) is 6.54 Å². The highest BCUT2D eigenvalue weighted by Crippen LogP contribution is 2.32. The number of thiophene rings is 1. The summed E-state index contributed by atoms with van der Waals surface area (Å²) in [6.07, 6.45) is 0. The summed E-state index contributed by atoms with van der Waals surface area (Å²) in [6.45, 7) is 0.684. The molecule has 4 rings (SSSR count). The Balaban J connectivity index is 1.53. The normalized spacial score (nSPS) is 11.0. The van der Waals surface area contributed by atoms with Crippen molar-refractivity contribution in [2.24, 2.45) is 0 Å². The molecule has 0 amide bonds. The van der Waals surface area contributed by atoms with Gasteiger partial charge in [0.1, 0.15) is 0 Å². The molecule has 0 N–H and O–H groups in total. The highest BCUT2D eigenvalue weighted by atomic mass is 32.2. The van der Waals surface area contributed by atoms with Crippen LogP contribution in [0.25, 0.3) is 11.3 Å². The summed E-state index contributed by atoms with van der Waals surface area (Å²) in [4.78, 5) is 5.89. The van der Waals surface area contributed by atoms with Crippen LogP contribution in [0, 0.1) is 0 Å². The zero-order chi connectivity index (χ0) is 15.5. The fourth-order valence-electron chi connectivity index (χ4n) is 2.04. The van der Waals surface area contributed by atoms with Crippen molar-refractivity contribution >= 4 is 34.4 Å². The lowest BCUT2D eigenvalue weighted by molar-refractivity contribution is 0.608. The molecule has 3 heterocycles. The molecule has 5 nitrogen and oxygen atoms in total. The van der Waals surface area contributed by atoms with Crippen molar-refractivity contribution in [3.05, 3.63) is 58.1 Å². The zero-order valence-corrected chi connectivity index (χ0v) is 14.3. The molecule has 0 atom stereocenters. The lowest BCUT2D eigenvalue weighted by Gasteiger charge is -2.00. The monoisotopic (exact) mass is 357 g/mol. The molecule has 0 spiro atoms. The Morgan fingerprint density at radius 3 is 2.78 bits per heavy atom. The van der Waals surface area contributed by atoms with E-state index < -0.39 is 0 Å². The molecule has 0 aliphatic carbocycles. The van der Waals surface area contributed by atoms with Crippen LogP contribution in [0.3, 0.4) is 0 Å². The summed E-state index contributed by atoms with van der Waals surface area (Å²) in [7, 11) is 0. The van der Waals surface area contributed by atoms with Gasteiger partial charge in [0.25, 0.3) is 0 Å². The Morgan fingerprint density at radius 1 is 1.04 bits per heavy atom. The molecule has 3 aromatic heterocycles. The molecule has 0 radical (unpaired) electrons. The first-order valence-electron chi connectivity index (χ1n) is 6.86. The van der Waals surface area contributed by atoms with Crippen LogP contribution in [0.2, 0.25) is 0 Å². The Labute approximate surface area is 145 Å². The van der Waals surface area contributed by atoms with Crippen molar-refractivity contribution in [3.63, 3.8) is 0 Å². The van der Waals surface area contributed by atoms with Crippen LogP contribution in [0.4, 0.5) is 0 Å². The van der Waals surface area contributed by atoms with Gasteiger partial charge in [0.05, 0.1) is 12.2 Å². The molecular formula is C15H11N5S3. The highest BCUT2D eigenvalue weighted by molar-refractivity contribution is 8.00. The maximum atomic E-state index is 4.67. The van der Waals surface area contributed by atoms with Crippen LogP contribution in [-0.2, 0) is 6.54 Å². The Hall–Kier alpha value is -2.03. The van der Waals surface area contributed by atoms with Crippen molar-refractivity contribution in [1.82, 2.24) is 25.2 Å². The maximum absolute atomic E-state index is 4.67. The minimum Gasteiger partial charge on any atom is -0.229 e. The second-order valence-corrected chi connectivity index (χ2v) is 7.77. The van der Waals surface area contributed by atoms with Gasteiger partial charge in [0.15, 0.2) is 4.34 Å². The molecule has 0 bridgehead atoms. The second kappa shape index (κ2) is 6.61. The van der Waals surface area contributed by atoms with Crippen LogP contribution in [-0.4, -0.2) is 25.2 Å². The first-order valence-corrected chi connectivity index (χ1v) is 9.43. The fourth-order valence-corrected chi connectivity index (χ4v) is 4.43. The number of nitrogens with zero attached hydrogens (tertiary/aromatic N) is 5. The fraction of sp³-hybridized carbons (Fsp3) is 0.0667. The smallest absolute Gasteiger partial charge is 0.216 e. The Kier molecular flexibility index (Phi) is 4.18. The van der Waals surface area contributed by atoms with E-state index in [1.165, 1.54) is 16.6 Å². The van der Waals surface area contributed by atoms with Crippen molar-refractivity contribution in [2.75, 3.05) is 0 Å². The van der Waals surface area contributed by atoms with E-state index >= 15 is 0 Å². The van der Waals surface area contributed by atoms with Gasteiger partial charge < -0.3 is 0 Å². The third kappa shape index (κ3) is 3.34. The molecule has 8 heteroatoms. The third-order valence-corrected chi connectivity index (χ3v) is 5.89. The van der Waals surface area contributed by atoms with E-state index in [4.69, 9.17) is 0 Å². The molecule has 0 aliphatic heterocycles. The first kappa shape index (κ1) is 14.6. The van der Waals surface area contributed by atoms with Gasteiger partial charge in [-0.15, -0.1) is 27.8 Å². The molecular weight excluding hydrogens is 346 g/mol. The van der Waals surface area contributed by atoms with Gasteiger partial charge in [-0.1, -0.05) is 36.4 Å². The van der Waals surface area contributed by atoms with Crippen LogP contribution in [0.5, 0.6) is 0 Å². The van der Waals surface area contributed by atoms with Gasteiger partial charge in [0, 0.05) is 15.8 Å². The number of hydrogen-bond acceptors (Lipinski definition) is 7. The third-order valence-electron chi connectivity index (χ3n) is 3.12. The molecule has 114 valence electrons. The summed E-state index contributed by atoms with van der Waals surface area (Å²) in [5, 5.41) is 16.8. The molecule has 23 heavy (non-hydrogen) atoms. The summed E-state index contributed by atoms with van der Waals surface area (Å²) in [5.41, 5.74) is 2.10. The molecule has 0 saturated carbocycles. The molecule has 0 aliphatic rings. The van der Waals surface area contributed by atoms with Crippen LogP contribution in [0.1, 0.15) is 4.88 Å². The van der Waals surface area contributed by atoms with Gasteiger partial charge in [-0.3, -0.25) is 0 Å². The molecule has 0 saturated heterocycles. The molecule has 0 fully saturated rings. The lowest BCUT2D eigenvalue weighted by Crippen LogP contribution is -2.02. The van der Waals surface area contributed by atoms with Gasteiger partial charge >= 0.3 is 0 Å². The lowest BCUT2D eigenvalue weighted by atomic mass is 10.2. The minimum atomic E-state index is 0.684. The van der Waals surface area contributed by atoms with E-state index in [-0.39, 0.29) is 0 Å². The van der Waals surface area contributed by atoms with E-state index in [2.05, 4.69) is 49.5 Å². The molecule has 4 aromatic rings. The van der Waals surface area contributed by atoms with Crippen LogP contribution in [0.15, 0.2) is 62.7 Å². The highest BCUT2D eigenvalue weighted by Gasteiger charge is 2.12. The topological polar surface area (TPSA) is 56.5 Å². The minimum absolute atomic E-state index is 0.684. The van der Waals surface area contributed by atoms with Gasteiger partial charge in [0.2, 0.25) is 5.16 Å². The van der Waals surface area contributed by atoms with Gasteiger partial charge in [-0.2, -0.15) is 0 Å². The standard InChI is InChI=1S/C15H11N5S3/c1-2-5-11(6-3-1)13-10-22-15(16-13)23-14-17-18-19-20(14)9-12-7-4-8-21-12/h1-8,10H,9H2. The summed E-state index contributed by atoms with van der Waals surface area (Å²) in [5.74, 6) is 0. The van der Waals surface area contributed by atoms with Crippen LogP contribution < -0.4 is 0 Å². The number of hydrogen-bond donors (Lipinski definition) is 0. The second-order valence-electron chi connectivity index (χ2n) is 4.67. The molecule has 0 unspecified atom stereocenters. The number of benzene rings is 1. The van der Waals surface area contributed by atoms with Crippen molar-refractivity contribution in [1.29, 1.82) is 0 Å². The van der Waals surface area contributed by atoms with Gasteiger partial charge in [-0.05, 0) is 33.6 Å². The average Bonchev–Trinajstić information content (AvgIpc) is 3.33. The Bertz CT molecular complexity index is 883. The van der Waals surface area contributed by atoms with E-state index in [1.807, 2.05) is 24.3 Å².